The maximum Gasteiger partial charge on any atom is 0.241 e. The summed E-state index contributed by atoms with van der Waals surface area (Å²) in [5, 5.41) is 0.960. The highest BCUT2D eigenvalue weighted by Gasteiger charge is 2.42. The average molecular weight is 322 g/mol. The number of hydrogen-bond donors (Lipinski definition) is 1. The Labute approximate surface area is 137 Å². The number of aromatic amines is 1. The van der Waals surface area contributed by atoms with Gasteiger partial charge in [-0.25, -0.2) is 4.39 Å². The average Bonchev–Trinajstić information content (AvgIpc) is 3.04. The number of halogens is 1. The molecule has 2 heterocycles. The number of nitrogens with zero attached hydrogens (tertiary/aromatic N) is 1. The second-order valence-electron chi connectivity index (χ2n) is 6.01. The van der Waals surface area contributed by atoms with Crippen LogP contribution in [0, 0.1) is 12.7 Å². The van der Waals surface area contributed by atoms with E-state index < -0.39 is 11.7 Å². The molecular weight excluding hydrogens is 307 g/mol. The van der Waals surface area contributed by atoms with Crippen molar-refractivity contribution in [2.24, 2.45) is 0 Å². The Morgan fingerprint density at radius 3 is 2.54 bits per heavy atom. The fourth-order valence-electron chi connectivity index (χ4n) is 3.47. The first-order chi connectivity index (χ1) is 11.6. The Morgan fingerprint density at radius 1 is 1.08 bits per heavy atom. The molecule has 1 aromatic heterocycles. The number of para-hydroxylation sites is 1. The van der Waals surface area contributed by atoms with Gasteiger partial charge in [-0.2, -0.15) is 0 Å². The van der Waals surface area contributed by atoms with Crippen molar-refractivity contribution in [1.29, 1.82) is 0 Å². The summed E-state index contributed by atoms with van der Waals surface area (Å²) in [4.78, 5) is 29.7. The van der Waals surface area contributed by atoms with Crippen molar-refractivity contribution in [3.63, 3.8) is 0 Å². The van der Waals surface area contributed by atoms with Crippen molar-refractivity contribution >= 4 is 28.4 Å². The molecule has 1 saturated heterocycles. The lowest BCUT2D eigenvalue weighted by molar-refractivity contribution is -0.121. The Balaban J connectivity index is 1.78. The highest BCUT2D eigenvalue weighted by Crippen LogP contribution is 2.38. The maximum atomic E-state index is 13.1. The molecule has 0 spiro atoms. The van der Waals surface area contributed by atoms with Crippen LogP contribution in [0.5, 0.6) is 0 Å². The van der Waals surface area contributed by atoms with E-state index >= 15 is 0 Å². The van der Waals surface area contributed by atoms with E-state index in [2.05, 4.69) is 4.98 Å². The highest BCUT2D eigenvalue weighted by atomic mass is 19.1. The smallest absolute Gasteiger partial charge is 0.241 e. The van der Waals surface area contributed by atoms with Gasteiger partial charge in [-0.15, -0.1) is 0 Å². The Morgan fingerprint density at radius 2 is 1.79 bits per heavy atom. The summed E-state index contributed by atoms with van der Waals surface area (Å²) in [6.07, 6.45) is 0.124. The fourth-order valence-corrected chi connectivity index (χ4v) is 3.47. The van der Waals surface area contributed by atoms with Crippen molar-refractivity contribution in [2.45, 2.75) is 19.3 Å². The first-order valence-corrected chi connectivity index (χ1v) is 7.76. The minimum Gasteiger partial charge on any atom is -0.358 e. The van der Waals surface area contributed by atoms with E-state index in [4.69, 9.17) is 0 Å². The monoisotopic (exact) mass is 322 g/mol. The maximum absolute atomic E-state index is 13.1. The summed E-state index contributed by atoms with van der Waals surface area (Å²) in [6.45, 7) is 1.91. The highest BCUT2D eigenvalue weighted by molar-refractivity contribution is 6.23. The molecule has 3 aromatic rings. The van der Waals surface area contributed by atoms with Gasteiger partial charge < -0.3 is 4.98 Å². The van der Waals surface area contributed by atoms with Crippen molar-refractivity contribution in [3.8, 4) is 0 Å². The predicted molar refractivity (Wildman–Crippen MR) is 89.3 cm³/mol. The number of benzene rings is 2. The fraction of sp³-hybridized carbons (Fsp3) is 0.158. The molecule has 5 heteroatoms. The van der Waals surface area contributed by atoms with Crippen LogP contribution in [0.4, 0.5) is 10.1 Å². The molecule has 2 amide bonds. The summed E-state index contributed by atoms with van der Waals surface area (Å²) in [7, 11) is 0. The van der Waals surface area contributed by atoms with Gasteiger partial charge in [-0.3, -0.25) is 14.5 Å². The Hall–Kier alpha value is -2.95. The normalized spacial score (nSPS) is 17.9. The molecule has 1 fully saturated rings. The van der Waals surface area contributed by atoms with Gasteiger partial charge in [-0.05, 0) is 42.8 Å². The van der Waals surface area contributed by atoms with Crippen molar-refractivity contribution in [2.75, 3.05) is 4.90 Å². The summed E-state index contributed by atoms with van der Waals surface area (Å²) in [6, 6.07) is 13.1. The van der Waals surface area contributed by atoms with E-state index in [-0.39, 0.29) is 18.2 Å². The van der Waals surface area contributed by atoms with Crippen LogP contribution in [0.25, 0.3) is 10.9 Å². The molecule has 120 valence electrons. The predicted octanol–water partition coefficient (Wildman–Crippen LogP) is 3.66. The van der Waals surface area contributed by atoms with E-state index in [9.17, 15) is 14.0 Å². The zero-order valence-corrected chi connectivity index (χ0v) is 13.0. The number of hydrogen-bond acceptors (Lipinski definition) is 2. The molecule has 4 rings (SSSR count). The van der Waals surface area contributed by atoms with Crippen LogP contribution in [0.1, 0.15) is 23.6 Å². The van der Waals surface area contributed by atoms with Gasteiger partial charge in [-0.1, -0.05) is 18.2 Å². The Bertz CT molecular complexity index is 959. The molecule has 24 heavy (non-hydrogen) atoms. The first-order valence-electron chi connectivity index (χ1n) is 7.76. The number of carbonyl (C=O) groups is 2. The van der Waals surface area contributed by atoms with Crippen molar-refractivity contribution in [3.05, 3.63) is 65.6 Å². The number of H-pyrrole nitrogens is 1. The third-order valence-corrected chi connectivity index (χ3v) is 4.52. The quantitative estimate of drug-likeness (QED) is 0.732. The zero-order valence-electron chi connectivity index (χ0n) is 13.0. The first kappa shape index (κ1) is 14.6. The largest absolute Gasteiger partial charge is 0.358 e. The number of carbonyl (C=O) groups excluding carboxylic acids is 2. The van der Waals surface area contributed by atoms with E-state index in [1.807, 2.05) is 31.2 Å². The number of fused-ring (bicyclic) bond motifs is 1. The van der Waals surface area contributed by atoms with Gasteiger partial charge in [0.2, 0.25) is 11.8 Å². The Kier molecular flexibility index (Phi) is 3.23. The summed E-state index contributed by atoms with van der Waals surface area (Å²) >= 11 is 0. The molecule has 1 aliphatic rings. The second-order valence-corrected chi connectivity index (χ2v) is 6.01. The van der Waals surface area contributed by atoms with E-state index in [1.165, 1.54) is 24.3 Å². The van der Waals surface area contributed by atoms with Crippen LogP contribution in [0.3, 0.4) is 0 Å². The van der Waals surface area contributed by atoms with Gasteiger partial charge in [0.05, 0.1) is 11.6 Å². The topological polar surface area (TPSA) is 53.2 Å². The minimum absolute atomic E-state index is 0.124. The number of anilines is 1. The molecule has 0 aliphatic carbocycles. The van der Waals surface area contributed by atoms with E-state index in [0.29, 0.717) is 5.69 Å². The molecule has 1 atom stereocenters. The lowest BCUT2D eigenvalue weighted by Crippen LogP contribution is -2.30. The number of aromatic nitrogens is 1. The molecule has 1 unspecified atom stereocenters. The zero-order chi connectivity index (χ0) is 16.8. The van der Waals surface area contributed by atoms with Gasteiger partial charge in [0.1, 0.15) is 5.82 Å². The second kappa shape index (κ2) is 5.30. The molecule has 0 bridgehead atoms. The van der Waals surface area contributed by atoms with Crippen molar-refractivity contribution < 1.29 is 14.0 Å². The molecule has 0 radical (unpaired) electrons. The van der Waals surface area contributed by atoms with Gasteiger partial charge in [0, 0.05) is 23.0 Å². The van der Waals surface area contributed by atoms with E-state index in [1.54, 1.807) is 0 Å². The van der Waals surface area contributed by atoms with Crippen LogP contribution in [0.2, 0.25) is 0 Å². The standard InChI is InChI=1S/C19H15FN2O2/c1-11-18(14-4-2-3-5-16(14)21-11)15-10-17(23)22(19(15)24)13-8-6-12(20)7-9-13/h2-9,15,21H,10H2,1H3. The van der Waals surface area contributed by atoms with Crippen LogP contribution in [-0.4, -0.2) is 16.8 Å². The van der Waals surface area contributed by atoms with Gasteiger partial charge >= 0.3 is 0 Å². The number of rotatable bonds is 2. The summed E-state index contributed by atoms with van der Waals surface area (Å²) in [5.74, 6) is -1.44. The SMILES string of the molecule is Cc1[nH]c2ccccc2c1C1CC(=O)N(c2ccc(F)cc2)C1=O. The number of amides is 2. The lowest BCUT2D eigenvalue weighted by Gasteiger charge is -2.15. The lowest BCUT2D eigenvalue weighted by atomic mass is 9.94. The summed E-state index contributed by atoms with van der Waals surface area (Å²) < 4.78 is 13.1. The minimum atomic E-state index is -0.515. The molecule has 2 aromatic carbocycles. The summed E-state index contributed by atoms with van der Waals surface area (Å²) in [5.41, 5.74) is 3.12. The molecule has 4 nitrogen and oxygen atoms in total. The van der Waals surface area contributed by atoms with E-state index in [0.717, 1.165) is 27.1 Å². The van der Waals surface area contributed by atoms with Crippen LogP contribution < -0.4 is 4.90 Å². The third kappa shape index (κ3) is 2.12. The van der Waals surface area contributed by atoms with Crippen LogP contribution in [-0.2, 0) is 9.59 Å². The van der Waals surface area contributed by atoms with Gasteiger partial charge in [0.15, 0.2) is 0 Å². The molecule has 1 N–H and O–H groups in total. The molecule has 0 saturated carbocycles. The molecular formula is C19H15FN2O2. The van der Waals surface area contributed by atoms with Gasteiger partial charge in [0.25, 0.3) is 0 Å². The number of nitrogens with one attached hydrogen (secondary N) is 1. The van der Waals surface area contributed by atoms with Crippen LogP contribution >= 0.6 is 0 Å². The van der Waals surface area contributed by atoms with Crippen molar-refractivity contribution in [1.82, 2.24) is 4.98 Å². The number of imide groups is 1. The van der Waals surface area contributed by atoms with Crippen LogP contribution in [0.15, 0.2) is 48.5 Å². The third-order valence-electron chi connectivity index (χ3n) is 4.52. The number of aryl methyl sites for hydroxylation is 1. The molecule has 1 aliphatic heterocycles.